The summed E-state index contributed by atoms with van der Waals surface area (Å²) in [6.45, 7) is 1.59. The lowest BCUT2D eigenvalue weighted by molar-refractivity contribution is -0.143. The van der Waals surface area contributed by atoms with Crippen LogP contribution in [0.4, 0.5) is 0 Å². The first-order chi connectivity index (χ1) is 13.8. The molecule has 0 bridgehead atoms. The average Bonchev–Trinajstić information content (AvgIpc) is 2.73. The number of rotatable bonds is 13. The van der Waals surface area contributed by atoms with Gasteiger partial charge in [0.05, 0.1) is 12.1 Å². The maximum absolute atomic E-state index is 11.7. The van der Waals surface area contributed by atoms with Gasteiger partial charge in [0, 0.05) is 12.2 Å². The molecule has 5 nitrogen and oxygen atoms in total. The Balaban J connectivity index is 1.42. The van der Waals surface area contributed by atoms with Crippen LogP contribution in [0, 0.1) is 5.92 Å². The lowest BCUT2D eigenvalue weighted by atomic mass is 9.88. The number of nitrogens with zero attached hydrogens (tertiary/aromatic N) is 2. The molecular formula is C22H41N3O2S. The van der Waals surface area contributed by atoms with Crippen molar-refractivity contribution >= 4 is 17.7 Å². The molecule has 162 valence electrons. The van der Waals surface area contributed by atoms with Crippen molar-refractivity contribution in [1.82, 2.24) is 5.32 Å². The van der Waals surface area contributed by atoms with E-state index in [0.29, 0.717) is 25.1 Å². The fourth-order valence-corrected chi connectivity index (χ4v) is 5.13. The predicted molar refractivity (Wildman–Crippen MR) is 118 cm³/mol. The minimum Gasteiger partial charge on any atom is -0.465 e. The van der Waals surface area contributed by atoms with E-state index in [1.54, 1.807) is 0 Å². The Labute approximate surface area is 176 Å². The Morgan fingerprint density at radius 3 is 2.39 bits per heavy atom. The summed E-state index contributed by atoms with van der Waals surface area (Å²) in [5, 5.41) is 12.4. The molecule has 2 aliphatic rings. The first kappa shape index (κ1) is 23.7. The third-order valence-electron chi connectivity index (χ3n) is 5.94. The highest BCUT2D eigenvalue weighted by molar-refractivity contribution is 7.99. The maximum Gasteiger partial charge on any atom is 0.305 e. The Morgan fingerprint density at radius 1 is 0.964 bits per heavy atom. The number of unbranched alkanes of at least 4 members (excludes halogenated alkanes) is 2. The molecule has 2 saturated carbocycles. The van der Waals surface area contributed by atoms with Crippen LogP contribution >= 0.6 is 11.8 Å². The maximum atomic E-state index is 11.7. The summed E-state index contributed by atoms with van der Waals surface area (Å²) in [6.07, 6.45) is 15.2. The number of azo groups is 1. The molecule has 2 rings (SSSR count). The zero-order valence-electron chi connectivity index (χ0n) is 17.9. The highest BCUT2D eigenvalue weighted by Gasteiger charge is 2.21. The van der Waals surface area contributed by atoms with E-state index < -0.39 is 0 Å². The van der Waals surface area contributed by atoms with Gasteiger partial charge in [-0.3, -0.25) is 4.79 Å². The van der Waals surface area contributed by atoms with Crippen LogP contribution in [0.2, 0.25) is 0 Å². The number of thioether (sulfide) groups is 1. The topological polar surface area (TPSA) is 63.0 Å². The molecule has 0 radical (unpaired) electrons. The second-order valence-electron chi connectivity index (χ2n) is 8.41. The Morgan fingerprint density at radius 2 is 1.68 bits per heavy atom. The molecule has 0 aromatic rings. The summed E-state index contributed by atoms with van der Waals surface area (Å²) < 4.78 is 5.34. The fraction of sp³-hybridized carbons (Fsp3) is 0.955. The smallest absolute Gasteiger partial charge is 0.305 e. The van der Waals surface area contributed by atoms with Crippen molar-refractivity contribution in [3.8, 4) is 0 Å². The number of ether oxygens (including phenoxy) is 1. The van der Waals surface area contributed by atoms with Gasteiger partial charge in [0.1, 0.15) is 6.61 Å². The normalized spacial score (nSPS) is 23.9. The van der Waals surface area contributed by atoms with Gasteiger partial charge in [-0.15, -0.1) is 0 Å². The van der Waals surface area contributed by atoms with Gasteiger partial charge in [-0.05, 0) is 76.6 Å². The monoisotopic (exact) mass is 411 g/mol. The second-order valence-corrected chi connectivity index (χ2v) is 9.56. The Hall–Kier alpha value is -0.620. The van der Waals surface area contributed by atoms with E-state index in [1.165, 1.54) is 63.5 Å². The molecule has 0 spiro atoms. The van der Waals surface area contributed by atoms with Gasteiger partial charge in [0.25, 0.3) is 0 Å². The van der Waals surface area contributed by atoms with Crippen LogP contribution in [-0.2, 0) is 9.53 Å². The first-order valence-electron chi connectivity index (χ1n) is 11.6. The van der Waals surface area contributed by atoms with Crippen molar-refractivity contribution in [1.29, 1.82) is 0 Å². The van der Waals surface area contributed by atoms with E-state index in [9.17, 15) is 4.79 Å². The summed E-state index contributed by atoms with van der Waals surface area (Å²) in [4.78, 5) is 11.7. The van der Waals surface area contributed by atoms with E-state index >= 15 is 0 Å². The van der Waals surface area contributed by atoms with Crippen LogP contribution in [0.25, 0.3) is 0 Å². The number of hydrogen-bond acceptors (Lipinski definition) is 6. The van der Waals surface area contributed by atoms with Gasteiger partial charge in [-0.25, -0.2) is 0 Å². The number of carbonyl (C=O) groups is 1. The predicted octanol–water partition coefficient (Wildman–Crippen LogP) is 5.39. The van der Waals surface area contributed by atoms with Gasteiger partial charge in [0.15, 0.2) is 0 Å². The van der Waals surface area contributed by atoms with Crippen LogP contribution in [0.3, 0.4) is 0 Å². The van der Waals surface area contributed by atoms with Crippen LogP contribution in [0.5, 0.6) is 0 Å². The molecule has 2 aliphatic carbocycles. The molecule has 0 aromatic heterocycles. The molecule has 6 heteroatoms. The van der Waals surface area contributed by atoms with Crippen LogP contribution in [0.15, 0.2) is 10.2 Å². The Kier molecular flexibility index (Phi) is 12.9. The molecule has 0 unspecified atom stereocenters. The number of esters is 1. The highest BCUT2D eigenvalue weighted by Crippen LogP contribution is 2.30. The molecule has 2 fully saturated rings. The van der Waals surface area contributed by atoms with Gasteiger partial charge >= 0.3 is 5.97 Å². The molecule has 0 saturated heterocycles. The van der Waals surface area contributed by atoms with E-state index in [1.807, 2.05) is 18.8 Å². The van der Waals surface area contributed by atoms with Gasteiger partial charge in [0.2, 0.25) is 0 Å². The summed E-state index contributed by atoms with van der Waals surface area (Å²) in [7, 11) is 1.96. The van der Waals surface area contributed by atoms with Crippen molar-refractivity contribution in [2.45, 2.75) is 95.6 Å². The zero-order valence-corrected chi connectivity index (χ0v) is 18.7. The third kappa shape index (κ3) is 10.8. The highest BCUT2D eigenvalue weighted by atomic mass is 32.2. The summed E-state index contributed by atoms with van der Waals surface area (Å²) in [5.41, 5.74) is 0. The lowest BCUT2D eigenvalue weighted by Gasteiger charge is -2.26. The van der Waals surface area contributed by atoms with Crippen molar-refractivity contribution in [3.05, 3.63) is 0 Å². The van der Waals surface area contributed by atoms with Gasteiger partial charge in [-0.2, -0.15) is 22.0 Å². The van der Waals surface area contributed by atoms with Crippen molar-refractivity contribution in [2.75, 3.05) is 31.7 Å². The molecule has 1 N–H and O–H groups in total. The second kappa shape index (κ2) is 15.3. The molecule has 0 amide bonds. The van der Waals surface area contributed by atoms with Crippen LogP contribution in [-0.4, -0.2) is 49.8 Å². The average molecular weight is 412 g/mol. The van der Waals surface area contributed by atoms with Crippen LogP contribution < -0.4 is 5.32 Å². The number of carbonyl (C=O) groups excluding carboxylic acids is 1. The van der Waals surface area contributed by atoms with E-state index in [0.717, 1.165) is 37.5 Å². The summed E-state index contributed by atoms with van der Waals surface area (Å²) in [6, 6.07) is 0.982. The van der Waals surface area contributed by atoms with Gasteiger partial charge in [-0.1, -0.05) is 25.7 Å². The van der Waals surface area contributed by atoms with E-state index in [4.69, 9.17) is 4.74 Å². The van der Waals surface area contributed by atoms with E-state index in [-0.39, 0.29) is 5.97 Å². The van der Waals surface area contributed by atoms with Crippen LogP contribution in [0.1, 0.15) is 83.5 Å². The van der Waals surface area contributed by atoms with Crippen molar-refractivity contribution in [3.63, 3.8) is 0 Å². The largest absolute Gasteiger partial charge is 0.465 e. The first-order valence-corrected chi connectivity index (χ1v) is 12.7. The summed E-state index contributed by atoms with van der Waals surface area (Å²) >= 11 is 1.93. The fourth-order valence-electron chi connectivity index (χ4n) is 4.10. The zero-order chi connectivity index (χ0) is 19.9. The number of hydrogen-bond donors (Lipinski definition) is 1. The lowest BCUT2D eigenvalue weighted by Crippen LogP contribution is -2.19. The third-order valence-corrected chi connectivity index (χ3v) is 7.10. The standard InChI is InChI=1S/C22H41N3O2S/c1-23-15-7-3-6-10-22(26)27-16-17-28-18-19-11-13-21(14-12-19)25-24-20-8-4-2-5-9-20/h19-21,23H,2-18H2,1H3. The van der Waals surface area contributed by atoms with Crippen molar-refractivity contribution in [2.24, 2.45) is 16.1 Å². The van der Waals surface area contributed by atoms with E-state index in [2.05, 4.69) is 15.5 Å². The molecular weight excluding hydrogens is 370 g/mol. The quantitative estimate of drug-likeness (QED) is 0.251. The van der Waals surface area contributed by atoms with Crippen molar-refractivity contribution < 1.29 is 9.53 Å². The Bertz CT molecular complexity index is 433. The van der Waals surface area contributed by atoms with Gasteiger partial charge < -0.3 is 10.1 Å². The number of nitrogens with one attached hydrogen (secondary N) is 1. The minimum atomic E-state index is -0.0334. The minimum absolute atomic E-state index is 0.0334. The molecule has 0 aromatic carbocycles. The summed E-state index contributed by atoms with van der Waals surface area (Å²) in [5.74, 6) is 2.88. The molecule has 0 heterocycles. The molecule has 0 aliphatic heterocycles. The molecule has 0 atom stereocenters. The molecule has 28 heavy (non-hydrogen) atoms. The SMILES string of the molecule is CNCCCCCC(=O)OCCSCC1CCC(N=NC2CCCCC2)CC1.